The molecule has 2 aromatic rings. The van der Waals surface area contributed by atoms with Crippen molar-refractivity contribution in [1.29, 1.82) is 0 Å². The smallest absolute Gasteiger partial charge is 0.0515 e. The molecule has 0 aliphatic heterocycles. The number of fused-ring (bicyclic) bond motifs is 1. The van der Waals surface area contributed by atoms with Crippen molar-refractivity contribution in [1.82, 2.24) is 5.43 Å². The Balaban J connectivity index is 1.86. The monoisotopic (exact) mass is 300 g/mol. The number of nitrogens with one attached hydrogen (secondary N) is 1. The number of hydrazine groups is 1. The summed E-state index contributed by atoms with van der Waals surface area (Å²) in [6, 6.07) is 13.0. The molecule has 1 atom stereocenters. The first-order chi connectivity index (χ1) is 10.2. The lowest BCUT2D eigenvalue weighted by Crippen LogP contribution is -2.30. The van der Waals surface area contributed by atoms with Crippen LogP contribution >= 0.6 is 11.6 Å². The highest BCUT2D eigenvalue weighted by Crippen LogP contribution is 2.29. The van der Waals surface area contributed by atoms with E-state index in [0.717, 1.165) is 22.6 Å². The van der Waals surface area contributed by atoms with Crippen LogP contribution in [0.3, 0.4) is 0 Å². The van der Waals surface area contributed by atoms with Crippen LogP contribution in [-0.4, -0.2) is 0 Å². The number of halogens is 1. The average Bonchev–Trinajstić information content (AvgIpc) is 2.95. The van der Waals surface area contributed by atoms with E-state index in [-0.39, 0.29) is 6.04 Å². The van der Waals surface area contributed by atoms with Gasteiger partial charge in [-0.1, -0.05) is 48.0 Å². The van der Waals surface area contributed by atoms with E-state index in [0.29, 0.717) is 0 Å². The van der Waals surface area contributed by atoms with E-state index in [2.05, 4.69) is 23.6 Å². The summed E-state index contributed by atoms with van der Waals surface area (Å²) in [6.07, 6.45) is 4.56. The fraction of sp³-hybridized carbons (Fsp3) is 0.333. The molecule has 1 aliphatic carbocycles. The minimum absolute atomic E-state index is 0.0388. The molecular formula is C18H21ClN2. The second kappa shape index (κ2) is 6.18. The molecule has 0 spiro atoms. The van der Waals surface area contributed by atoms with Gasteiger partial charge in [0.05, 0.1) is 6.04 Å². The normalized spacial score (nSPS) is 15.0. The highest BCUT2D eigenvalue weighted by atomic mass is 35.5. The Hall–Kier alpha value is -1.35. The van der Waals surface area contributed by atoms with Crippen LogP contribution in [0.1, 0.15) is 40.3 Å². The fourth-order valence-corrected chi connectivity index (χ4v) is 3.44. The average molecular weight is 301 g/mol. The Morgan fingerprint density at radius 2 is 2.00 bits per heavy atom. The Bertz CT molecular complexity index is 652. The highest BCUT2D eigenvalue weighted by Gasteiger charge is 2.17. The topological polar surface area (TPSA) is 38.0 Å². The summed E-state index contributed by atoms with van der Waals surface area (Å²) in [5.74, 6) is 5.78. The molecule has 3 N–H and O–H groups in total. The van der Waals surface area contributed by atoms with Gasteiger partial charge in [0.2, 0.25) is 0 Å². The maximum absolute atomic E-state index is 6.43. The van der Waals surface area contributed by atoms with Gasteiger partial charge in [0.15, 0.2) is 0 Å². The van der Waals surface area contributed by atoms with Gasteiger partial charge in [-0.3, -0.25) is 11.3 Å². The molecule has 0 fully saturated rings. The first-order valence-corrected chi connectivity index (χ1v) is 7.88. The number of benzene rings is 2. The maximum atomic E-state index is 6.43. The molecule has 0 saturated heterocycles. The van der Waals surface area contributed by atoms with Crippen LogP contribution in [0.25, 0.3) is 0 Å². The molecule has 0 bridgehead atoms. The molecule has 3 rings (SSSR count). The Morgan fingerprint density at radius 3 is 2.81 bits per heavy atom. The Kier molecular flexibility index (Phi) is 4.29. The van der Waals surface area contributed by atoms with Crippen LogP contribution in [0.2, 0.25) is 5.02 Å². The van der Waals surface area contributed by atoms with Gasteiger partial charge in [-0.25, -0.2) is 0 Å². The predicted molar refractivity (Wildman–Crippen MR) is 88.4 cm³/mol. The lowest BCUT2D eigenvalue weighted by molar-refractivity contribution is 0.551. The first kappa shape index (κ1) is 14.6. The van der Waals surface area contributed by atoms with Crippen molar-refractivity contribution in [3.8, 4) is 0 Å². The van der Waals surface area contributed by atoms with E-state index >= 15 is 0 Å². The second-order valence-corrected chi connectivity index (χ2v) is 6.24. The van der Waals surface area contributed by atoms with Crippen molar-refractivity contribution < 1.29 is 0 Å². The molecule has 1 aliphatic rings. The minimum Gasteiger partial charge on any atom is -0.271 e. The van der Waals surface area contributed by atoms with Crippen molar-refractivity contribution >= 4 is 11.6 Å². The Labute approximate surface area is 131 Å². The first-order valence-electron chi connectivity index (χ1n) is 7.51. The van der Waals surface area contributed by atoms with E-state index in [1.165, 1.54) is 36.0 Å². The van der Waals surface area contributed by atoms with Crippen molar-refractivity contribution in [2.24, 2.45) is 5.84 Å². The lowest BCUT2D eigenvalue weighted by atomic mass is 9.96. The van der Waals surface area contributed by atoms with Crippen molar-refractivity contribution in [2.75, 3.05) is 0 Å². The van der Waals surface area contributed by atoms with Gasteiger partial charge < -0.3 is 0 Å². The lowest BCUT2D eigenvalue weighted by Gasteiger charge is -2.19. The summed E-state index contributed by atoms with van der Waals surface area (Å²) in [4.78, 5) is 0. The Morgan fingerprint density at radius 1 is 1.19 bits per heavy atom. The number of hydrogen-bond donors (Lipinski definition) is 2. The van der Waals surface area contributed by atoms with Crippen LogP contribution in [0.5, 0.6) is 0 Å². The third-order valence-corrected chi connectivity index (χ3v) is 4.92. The van der Waals surface area contributed by atoms with Crippen molar-refractivity contribution in [3.63, 3.8) is 0 Å². The van der Waals surface area contributed by atoms with Gasteiger partial charge in [0.25, 0.3) is 0 Å². The third kappa shape index (κ3) is 2.98. The molecular weight excluding hydrogens is 280 g/mol. The molecule has 0 saturated carbocycles. The van der Waals surface area contributed by atoms with Gasteiger partial charge in [-0.15, -0.1) is 0 Å². The SMILES string of the molecule is Cc1cccc(C(Cc2ccc3c(c2)CCC3)NN)c1Cl. The zero-order chi connectivity index (χ0) is 14.8. The van der Waals surface area contributed by atoms with E-state index in [1.54, 1.807) is 0 Å². The second-order valence-electron chi connectivity index (χ2n) is 5.86. The molecule has 2 aromatic carbocycles. The fourth-order valence-electron chi connectivity index (χ4n) is 3.19. The number of aryl methyl sites for hydroxylation is 3. The van der Waals surface area contributed by atoms with Gasteiger partial charge in [0.1, 0.15) is 0 Å². The summed E-state index contributed by atoms with van der Waals surface area (Å²) >= 11 is 6.43. The van der Waals surface area contributed by atoms with Gasteiger partial charge >= 0.3 is 0 Å². The van der Waals surface area contributed by atoms with Crippen LogP contribution in [0.4, 0.5) is 0 Å². The summed E-state index contributed by atoms with van der Waals surface area (Å²) in [5, 5.41) is 0.807. The molecule has 0 heterocycles. The van der Waals surface area contributed by atoms with E-state index in [1.807, 2.05) is 25.1 Å². The summed E-state index contributed by atoms with van der Waals surface area (Å²) in [7, 11) is 0. The molecule has 110 valence electrons. The zero-order valence-electron chi connectivity index (χ0n) is 12.3. The molecule has 2 nitrogen and oxygen atoms in total. The molecule has 0 radical (unpaired) electrons. The van der Waals surface area contributed by atoms with Gasteiger partial charge in [0, 0.05) is 5.02 Å². The van der Waals surface area contributed by atoms with Crippen molar-refractivity contribution in [3.05, 3.63) is 69.2 Å². The summed E-state index contributed by atoms with van der Waals surface area (Å²) < 4.78 is 0. The molecule has 0 aromatic heterocycles. The van der Waals surface area contributed by atoms with Gasteiger partial charge in [-0.05, 0) is 60.4 Å². The van der Waals surface area contributed by atoms with Crippen LogP contribution < -0.4 is 11.3 Å². The van der Waals surface area contributed by atoms with E-state index < -0.39 is 0 Å². The minimum atomic E-state index is 0.0388. The number of hydrogen-bond acceptors (Lipinski definition) is 2. The van der Waals surface area contributed by atoms with Crippen LogP contribution in [0, 0.1) is 6.92 Å². The van der Waals surface area contributed by atoms with E-state index in [4.69, 9.17) is 17.4 Å². The van der Waals surface area contributed by atoms with Crippen LogP contribution in [0.15, 0.2) is 36.4 Å². The molecule has 1 unspecified atom stereocenters. The summed E-state index contributed by atoms with van der Waals surface area (Å²) in [6.45, 7) is 2.02. The van der Waals surface area contributed by atoms with Crippen molar-refractivity contribution in [2.45, 2.75) is 38.6 Å². The van der Waals surface area contributed by atoms with Gasteiger partial charge in [-0.2, -0.15) is 0 Å². The summed E-state index contributed by atoms with van der Waals surface area (Å²) in [5.41, 5.74) is 9.39. The standard InChI is InChI=1S/C18H21ClN2/c1-12-4-2-7-16(18(12)19)17(21-20)11-13-8-9-14-5-3-6-15(14)10-13/h2,4,7-10,17,21H,3,5-6,11,20H2,1H3. The maximum Gasteiger partial charge on any atom is 0.0515 e. The molecule has 21 heavy (non-hydrogen) atoms. The van der Waals surface area contributed by atoms with E-state index in [9.17, 15) is 0 Å². The molecule has 0 amide bonds. The highest BCUT2D eigenvalue weighted by molar-refractivity contribution is 6.32. The van der Waals surface area contributed by atoms with Crippen LogP contribution in [-0.2, 0) is 19.3 Å². The quantitative estimate of drug-likeness (QED) is 0.664. The number of nitrogens with two attached hydrogens (primary N) is 1. The zero-order valence-corrected chi connectivity index (χ0v) is 13.1. The predicted octanol–water partition coefficient (Wildman–Crippen LogP) is 3.88. The number of rotatable bonds is 4. The largest absolute Gasteiger partial charge is 0.271 e. The molecule has 3 heteroatoms. The third-order valence-electron chi connectivity index (χ3n) is 4.40.